The molecular formula is C21H25N5O. The Balaban J connectivity index is 1.61. The molecule has 1 atom stereocenters. The van der Waals surface area contributed by atoms with Crippen LogP contribution in [0.5, 0.6) is 0 Å². The number of unbranched alkanes of at least 4 members (excludes halogenated alkanes) is 2. The second-order valence-corrected chi connectivity index (χ2v) is 6.62. The molecule has 0 aliphatic rings. The van der Waals surface area contributed by atoms with Crippen molar-refractivity contribution in [1.82, 2.24) is 25.5 Å². The molecule has 3 rings (SSSR count). The van der Waals surface area contributed by atoms with E-state index in [1.54, 1.807) is 11.0 Å². The van der Waals surface area contributed by atoms with Crippen LogP contribution in [0.1, 0.15) is 49.8 Å². The van der Waals surface area contributed by atoms with Gasteiger partial charge in [0.1, 0.15) is 6.33 Å². The Morgan fingerprint density at radius 3 is 2.52 bits per heavy atom. The topological polar surface area (TPSA) is 72.7 Å². The van der Waals surface area contributed by atoms with Gasteiger partial charge in [0.2, 0.25) is 5.91 Å². The molecule has 1 heterocycles. The molecule has 0 radical (unpaired) electrons. The van der Waals surface area contributed by atoms with Crippen molar-refractivity contribution in [2.75, 3.05) is 0 Å². The molecule has 2 aromatic carbocycles. The van der Waals surface area contributed by atoms with Gasteiger partial charge in [-0.3, -0.25) is 4.79 Å². The largest absolute Gasteiger partial charge is 0.349 e. The van der Waals surface area contributed by atoms with Crippen molar-refractivity contribution in [2.24, 2.45) is 0 Å². The fourth-order valence-electron chi connectivity index (χ4n) is 3.08. The Bertz CT molecular complexity index is 816. The molecule has 0 spiro atoms. The van der Waals surface area contributed by atoms with E-state index >= 15 is 0 Å². The van der Waals surface area contributed by atoms with E-state index in [1.807, 2.05) is 42.5 Å². The number of rotatable bonds is 9. The predicted molar refractivity (Wildman–Crippen MR) is 104 cm³/mol. The van der Waals surface area contributed by atoms with Gasteiger partial charge in [-0.1, -0.05) is 68.7 Å². The van der Waals surface area contributed by atoms with Gasteiger partial charge in [-0.05, 0) is 40.1 Å². The molecule has 6 nitrogen and oxygen atoms in total. The lowest BCUT2D eigenvalue weighted by Crippen LogP contribution is -2.29. The molecular weight excluding hydrogens is 338 g/mol. The van der Waals surface area contributed by atoms with E-state index in [4.69, 9.17) is 0 Å². The lowest BCUT2D eigenvalue weighted by Gasteiger charge is -2.19. The first-order valence-electron chi connectivity index (χ1n) is 9.43. The summed E-state index contributed by atoms with van der Waals surface area (Å²) < 4.78 is 1.59. The van der Waals surface area contributed by atoms with Crippen molar-refractivity contribution in [3.63, 3.8) is 0 Å². The van der Waals surface area contributed by atoms with E-state index in [0.717, 1.165) is 29.7 Å². The van der Waals surface area contributed by atoms with E-state index in [-0.39, 0.29) is 11.9 Å². The second kappa shape index (κ2) is 9.62. The maximum atomic E-state index is 12.6. The average Bonchev–Trinajstić information content (AvgIpc) is 3.23. The highest BCUT2D eigenvalue weighted by atomic mass is 16.1. The van der Waals surface area contributed by atoms with Gasteiger partial charge in [-0.25, -0.2) is 4.68 Å². The summed E-state index contributed by atoms with van der Waals surface area (Å²) in [5, 5.41) is 14.3. The quantitative estimate of drug-likeness (QED) is 0.589. The third-order valence-electron chi connectivity index (χ3n) is 4.55. The minimum Gasteiger partial charge on any atom is -0.349 e. The molecule has 0 bridgehead atoms. The van der Waals surface area contributed by atoms with Crippen LogP contribution in [0.4, 0.5) is 0 Å². The van der Waals surface area contributed by atoms with Gasteiger partial charge in [0.25, 0.3) is 0 Å². The normalized spacial score (nSPS) is 11.9. The van der Waals surface area contributed by atoms with Gasteiger partial charge < -0.3 is 5.32 Å². The van der Waals surface area contributed by atoms with Gasteiger partial charge in [0, 0.05) is 0 Å². The molecule has 1 unspecified atom stereocenters. The summed E-state index contributed by atoms with van der Waals surface area (Å²) in [4.78, 5) is 12.6. The van der Waals surface area contributed by atoms with Gasteiger partial charge in [-0.2, -0.15) is 0 Å². The summed E-state index contributed by atoms with van der Waals surface area (Å²) in [6, 6.07) is 18.0. The molecule has 0 fully saturated rings. The van der Waals surface area contributed by atoms with Crippen LogP contribution in [0, 0.1) is 0 Å². The Kier molecular flexibility index (Phi) is 6.68. The van der Waals surface area contributed by atoms with Crippen molar-refractivity contribution in [3.8, 4) is 5.69 Å². The van der Waals surface area contributed by atoms with Crippen molar-refractivity contribution < 1.29 is 4.79 Å². The number of benzene rings is 2. The highest BCUT2D eigenvalue weighted by Crippen LogP contribution is 2.20. The Labute approximate surface area is 159 Å². The third kappa shape index (κ3) is 5.48. The molecule has 0 saturated heterocycles. The summed E-state index contributed by atoms with van der Waals surface area (Å²) in [5.74, 6) is 0.0375. The molecule has 27 heavy (non-hydrogen) atoms. The molecule has 0 aliphatic heterocycles. The number of hydrogen-bond donors (Lipinski definition) is 1. The van der Waals surface area contributed by atoms with Crippen LogP contribution in [-0.4, -0.2) is 26.1 Å². The predicted octanol–water partition coefficient (Wildman–Crippen LogP) is 3.64. The fourth-order valence-corrected chi connectivity index (χ4v) is 3.08. The maximum Gasteiger partial charge on any atom is 0.224 e. The van der Waals surface area contributed by atoms with E-state index in [1.165, 1.54) is 12.8 Å². The summed E-state index contributed by atoms with van der Waals surface area (Å²) >= 11 is 0. The molecule has 1 amide bonds. The number of hydrogen-bond acceptors (Lipinski definition) is 4. The standard InChI is InChI=1S/C21H25N5O/c1-2-3-5-10-20(18-8-6-4-7-9-18)23-21(27)15-17-11-13-19(14-12-17)26-16-22-24-25-26/h4,6-9,11-14,16,20H,2-3,5,10,15H2,1H3,(H,23,27). The molecule has 0 saturated carbocycles. The van der Waals surface area contributed by atoms with Crippen LogP contribution in [0.2, 0.25) is 0 Å². The number of carbonyl (C=O) groups excluding carboxylic acids is 1. The van der Waals surface area contributed by atoms with Crippen LogP contribution in [0.25, 0.3) is 5.69 Å². The number of aromatic nitrogens is 4. The molecule has 6 heteroatoms. The number of amides is 1. The number of carbonyl (C=O) groups is 1. The first-order valence-corrected chi connectivity index (χ1v) is 9.43. The van der Waals surface area contributed by atoms with Crippen molar-refractivity contribution in [2.45, 2.75) is 45.1 Å². The average molecular weight is 363 g/mol. The van der Waals surface area contributed by atoms with Crippen LogP contribution in [0.15, 0.2) is 60.9 Å². The minimum atomic E-state index is 0.0375. The monoisotopic (exact) mass is 363 g/mol. The minimum absolute atomic E-state index is 0.0375. The zero-order valence-corrected chi connectivity index (χ0v) is 15.6. The van der Waals surface area contributed by atoms with Crippen LogP contribution in [-0.2, 0) is 11.2 Å². The maximum absolute atomic E-state index is 12.6. The Morgan fingerprint density at radius 2 is 1.85 bits per heavy atom. The van der Waals surface area contributed by atoms with Crippen LogP contribution in [0.3, 0.4) is 0 Å². The zero-order chi connectivity index (χ0) is 18.9. The lowest BCUT2D eigenvalue weighted by molar-refractivity contribution is -0.121. The van der Waals surface area contributed by atoms with Gasteiger partial charge >= 0.3 is 0 Å². The summed E-state index contributed by atoms with van der Waals surface area (Å²) in [6.07, 6.45) is 6.31. The SMILES string of the molecule is CCCCCC(NC(=O)Cc1ccc(-n2cnnn2)cc1)c1ccccc1. The van der Waals surface area contributed by atoms with Gasteiger partial charge in [0.15, 0.2) is 0 Å². The number of nitrogens with one attached hydrogen (secondary N) is 1. The summed E-state index contributed by atoms with van der Waals surface area (Å²) in [6.45, 7) is 2.19. The lowest BCUT2D eigenvalue weighted by atomic mass is 10.00. The zero-order valence-electron chi connectivity index (χ0n) is 15.6. The molecule has 0 aliphatic carbocycles. The Morgan fingerprint density at radius 1 is 1.07 bits per heavy atom. The highest BCUT2D eigenvalue weighted by Gasteiger charge is 2.14. The van der Waals surface area contributed by atoms with E-state index < -0.39 is 0 Å². The van der Waals surface area contributed by atoms with Crippen molar-refractivity contribution >= 4 is 5.91 Å². The molecule has 1 aromatic heterocycles. The number of tetrazole rings is 1. The fraction of sp³-hybridized carbons (Fsp3) is 0.333. The highest BCUT2D eigenvalue weighted by molar-refractivity contribution is 5.79. The van der Waals surface area contributed by atoms with Crippen molar-refractivity contribution in [1.29, 1.82) is 0 Å². The smallest absolute Gasteiger partial charge is 0.224 e. The van der Waals surface area contributed by atoms with Crippen LogP contribution < -0.4 is 5.32 Å². The second-order valence-electron chi connectivity index (χ2n) is 6.62. The summed E-state index contributed by atoms with van der Waals surface area (Å²) in [7, 11) is 0. The first-order chi connectivity index (χ1) is 13.3. The third-order valence-corrected chi connectivity index (χ3v) is 4.55. The number of nitrogens with zero attached hydrogens (tertiary/aromatic N) is 4. The van der Waals surface area contributed by atoms with Crippen molar-refractivity contribution in [3.05, 3.63) is 72.1 Å². The molecule has 140 valence electrons. The Hall–Kier alpha value is -3.02. The summed E-state index contributed by atoms with van der Waals surface area (Å²) in [5.41, 5.74) is 2.99. The molecule has 3 aromatic rings. The van der Waals surface area contributed by atoms with E-state index in [0.29, 0.717) is 6.42 Å². The van der Waals surface area contributed by atoms with E-state index in [2.05, 4.69) is 39.9 Å². The van der Waals surface area contributed by atoms with Gasteiger partial charge in [0.05, 0.1) is 18.2 Å². The molecule has 1 N–H and O–H groups in total. The van der Waals surface area contributed by atoms with Gasteiger partial charge in [-0.15, -0.1) is 5.10 Å². The van der Waals surface area contributed by atoms with E-state index in [9.17, 15) is 4.79 Å². The first kappa shape index (κ1) is 18.8. The van der Waals surface area contributed by atoms with Crippen LogP contribution >= 0.6 is 0 Å².